The molecule has 0 aliphatic rings. The van der Waals surface area contributed by atoms with Gasteiger partial charge in [-0.25, -0.2) is 9.97 Å². The summed E-state index contributed by atoms with van der Waals surface area (Å²) in [5, 5.41) is 1.02. The van der Waals surface area contributed by atoms with Crippen LogP contribution in [0, 0.1) is 19.8 Å². The third kappa shape index (κ3) is 2.85. The number of rotatable bonds is 1. The van der Waals surface area contributed by atoms with Crippen molar-refractivity contribution in [1.82, 2.24) is 9.97 Å². The van der Waals surface area contributed by atoms with E-state index < -0.39 is 5.95 Å². The molecule has 0 amide bonds. The third-order valence-electron chi connectivity index (χ3n) is 1.90. The maximum atomic E-state index is 12.6. The highest BCUT2D eigenvalue weighted by Crippen LogP contribution is 2.26. The lowest BCUT2D eigenvalue weighted by molar-refractivity contribution is 0.584. The summed E-state index contributed by atoms with van der Waals surface area (Å²) in [6, 6.07) is 3.05. The van der Waals surface area contributed by atoms with Gasteiger partial charge in [-0.2, -0.15) is 4.39 Å². The number of nitrogens with zero attached hydrogens (tertiary/aromatic N) is 2. The van der Waals surface area contributed by atoms with Crippen LogP contribution in [-0.4, -0.2) is 9.97 Å². The predicted octanol–water partition coefficient (Wildman–Crippen LogP) is 3.99. The Balaban J connectivity index is 0.000000606. The lowest BCUT2D eigenvalue weighted by Crippen LogP contribution is -1.85. The molecule has 2 heterocycles. The summed E-state index contributed by atoms with van der Waals surface area (Å²) in [6.07, 6.45) is 1.51. The van der Waals surface area contributed by atoms with Gasteiger partial charge in [-0.05, 0) is 26.0 Å². The number of hydrogen-bond donors (Lipinski definition) is 0. The summed E-state index contributed by atoms with van der Waals surface area (Å²) in [7, 11) is 0. The van der Waals surface area contributed by atoms with Gasteiger partial charge in [0.2, 0.25) is 5.95 Å². The fourth-order valence-corrected chi connectivity index (χ4v) is 2.15. The first kappa shape index (κ1) is 12.8. The highest BCUT2D eigenvalue weighted by Gasteiger charge is 2.07. The number of aromatic nitrogens is 2. The Morgan fingerprint density at radius 2 is 1.88 bits per heavy atom. The van der Waals surface area contributed by atoms with E-state index in [2.05, 4.69) is 9.97 Å². The van der Waals surface area contributed by atoms with Crippen molar-refractivity contribution in [3.05, 3.63) is 34.2 Å². The quantitative estimate of drug-likeness (QED) is 0.702. The zero-order valence-corrected chi connectivity index (χ0v) is 10.7. The second kappa shape index (κ2) is 5.70. The van der Waals surface area contributed by atoms with Crippen molar-refractivity contribution in [3.63, 3.8) is 0 Å². The molecule has 0 spiro atoms. The van der Waals surface area contributed by atoms with Crippen LogP contribution in [0.1, 0.15) is 23.7 Å². The average molecular weight is 238 g/mol. The molecule has 0 radical (unpaired) electrons. The van der Waals surface area contributed by atoms with Crippen LogP contribution < -0.4 is 0 Å². The van der Waals surface area contributed by atoms with E-state index in [1.807, 2.05) is 27.7 Å². The summed E-state index contributed by atoms with van der Waals surface area (Å²) < 4.78 is 12.6. The molecule has 0 saturated heterocycles. The molecule has 0 aromatic carbocycles. The van der Waals surface area contributed by atoms with E-state index in [9.17, 15) is 4.39 Å². The van der Waals surface area contributed by atoms with Gasteiger partial charge < -0.3 is 0 Å². The predicted molar refractivity (Wildman–Crippen MR) is 66.1 cm³/mol. The first-order chi connectivity index (χ1) is 7.66. The average Bonchev–Trinajstić information content (AvgIpc) is 2.62. The molecule has 0 fully saturated rings. The highest BCUT2D eigenvalue weighted by atomic mass is 32.1. The van der Waals surface area contributed by atoms with Crippen LogP contribution in [0.2, 0.25) is 0 Å². The molecule has 2 nitrogen and oxygen atoms in total. The monoisotopic (exact) mass is 238 g/mol. The van der Waals surface area contributed by atoms with Gasteiger partial charge in [0.25, 0.3) is 0 Å². The van der Waals surface area contributed by atoms with Gasteiger partial charge in [-0.15, -0.1) is 11.3 Å². The molecule has 2 aromatic rings. The zero-order chi connectivity index (χ0) is 12.1. The maximum Gasteiger partial charge on any atom is 0.212 e. The molecule has 0 aliphatic carbocycles. The largest absolute Gasteiger partial charge is 0.241 e. The van der Waals surface area contributed by atoms with Crippen molar-refractivity contribution in [2.24, 2.45) is 0 Å². The molecule has 0 bridgehead atoms. The standard InChI is InChI=1S/C10H9FN2S.C2H6/c1-6-10(13-7(2)14-6)8-3-4-9(11)12-5-8;1-2/h3-5H,1-2H3;1-2H3. The van der Waals surface area contributed by atoms with E-state index in [1.165, 1.54) is 12.3 Å². The molecular formula is C12H15FN2S. The Labute approximate surface area is 99.2 Å². The van der Waals surface area contributed by atoms with E-state index in [-0.39, 0.29) is 0 Å². The molecule has 4 heteroatoms. The Bertz CT molecular complexity index is 449. The number of thiazole rings is 1. The number of hydrogen-bond acceptors (Lipinski definition) is 3. The molecule has 0 atom stereocenters. The maximum absolute atomic E-state index is 12.6. The Morgan fingerprint density at radius 3 is 2.31 bits per heavy atom. The highest BCUT2D eigenvalue weighted by molar-refractivity contribution is 7.11. The van der Waals surface area contributed by atoms with Gasteiger partial charge in [0.15, 0.2) is 0 Å². The van der Waals surface area contributed by atoms with Gasteiger partial charge >= 0.3 is 0 Å². The number of halogens is 1. The second-order valence-electron chi connectivity index (χ2n) is 3.01. The molecule has 0 saturated carbocycles. The van der Waals surface area contributed by atoms with Crippen LogP contribution in [0.5, 0.6) is 0 Å². The Hall–Kier alpha value is -1.29. The molecule has 2 aromatic heterocycles. The fraction of sp³-hybridized carbons (Fsp3) is 0.333. The van der Waals surface area contributed by atoms with Crippen LogP contribution in [0.15, 0.2) is 18.3 Å². The normalized spacial score (nSPS) is 9.56. The lowest BCUT2D eigenvalue weighted by atomic mass is 10.2. The van der Waals surface area contributed by atoms with Crippen LogP contribution in [0.4, 0.5) is 4.39 Å². The zero-order valence-electron chi connectivity index (χ0n) is 9.91. The molecule has 2 rings (SSSR count). The second-order valence-corrected chi connectivity index (χ2v) is 4.41. The van der Waals surface area contributed by atoms with E-state index >= 15 is 0 Å². The molecule has 86 valence electrons. The fourth-order valence-electron chi connectivity index (χ4n) is 1.31. The van der Waals surface area contributed by atoms with Crippen LogP contribution in [-0.2, 0) is 0 Å². The van der Waals surface area contributed by atoms with E-state index in [1.54, 1.807) is 17.4 Å². The Kier molecular flexibility index (Phi) is 4.55. The van der Waals surface area contributed by atoms with Crippen molar-refractivity contribution in [2.75, 3.05) is 0 Å². The minimum absolute atomic E-state index is 0.460. The van der Waals surface area contributed by atoms with Gasteiger partial charge in [0.05, 0.1) is 10.7 Å². The van der Waals surface area contributed by atoms with Crippen molar-refractivity contribution in [1.29, 1.82) is 0 Å². The van der Waals surface area contributed by atoms with Gasteiger partial charge in [0, 0.05) is 16.6 Å². The van der Waals surface area contributed by atoms with E-state index in [4.69, 9.17) is 0 Å². The van der Waals surface area contributed by atoms with Gasteiger partial charge in [0.1, 0.15) is 0 Å². The molecule has 16 heavy (non-hydrogen) atoms. The van der Waals surface area contributed by atoms with Crippen molar-refractivity contribution >= 4 is 11.3 Å². The van der Waals surface area contributed by atoms with Crippen molar-refractivity contribution in [2.45, 2.75) is 27.7 Å². The number of pyridine rings is 1. The minimum atomic E-state index is -0.460. The molecule has 0 aliphatic heterocycles. The summed E-state index contributed by atoms with van der Waals surface area (Å²) in [5.74, 6) is -0.460. The summed E-state index contributed by atoms with van der Waals surface area (Å²) in [5.41, 5.74) is 1.77. The molecule has 0 N–H and O–H groups in total. The summed E-state index contributed by atoms with van der Waals surface area (Å²) in [4.78, 5) is 9.11. The Morgan fingerprint density at radius 1 is 1.19 bits per heavy atom. The van der Waals surface area contributed by atoms with E-state index in [0.29, 0.717) is 0 Å². The smallest absolute Gasteiger partial charge is 0.212 e. The van der Waals surface area contributed by atoms with Crippen molar-refractivity contribution in [3.8, 4) is 11.3 Å². The van der Waals surface area contributed by atoms with Crippen LogP contribution in [0.25, 0.3) is 11.3 Å². The SMILES string of the molecule is CC.Cc1nc(-c2ccc(F)nc2)c(C)s1. The lowest BCUT2D eigenvalue weighted by Gasteiger charge is -1.96. The van der Waals surface area contributed by atoms with Crippen molar-refractivity contribution < 1.29 is 4.39 Å². The van der Waals surface area contributed by atoms with Crippen LogP contribution >= 0.6 is 11.3 Å². The number of aryl methyl sites for hydroxylation is 2. The summed E-state index contributed by atoms with van der Waals surface area (Å²) >= 11 is 1.64. The molecule has 0 unspecified atom stereocenters. The first-order valence-corrected chi connectivity index (χ1v) is 6.04. The van der Waals surface area contributed by atoms with E-state index in [0.717, 1.165) is 21.1 Å². The van der Waals surface area contributed by atoms with Crippen LogP contribution in [0.3, 0.4) is 0 Å². The van der Waals surface area contributed by atoms with Gasteiger partial charge in [-0.1, -0.05) is 13.8 Å². The van der Waals surface area contributed by atoms with Gasteiger partial charge in [-0.3, -0.25) is 0 Å². The molecular weight excluding hydrogens is 223 g/mol. The first-order valence-electron chi connectivity index (χ1n) is 5.23. The topological polar surface area (TPSA) is 25.8 Å². The minimum Gasteiger partial charge on any atom is -0.241 e. The summed E-state index contributed by atoms with van der Waals surface area (Å²) in [6.45, 7) is 7.96. The third-order valence-corrected chi connectivity index (χ3v) is 2.79.